The SMILES string of the molecule is COc1cc(CNC(=O)C(C)(N)c2ccc(Br)cc2)ccc1C.Cl. The van der Waals surface area contributed by atoms with Crippen molar-refractivity contribution in [2.24, 2.45) is 5.73 Å². The number of carbonyl (C=O) groups excluding carboxylic acids is 1. The van der Waals surface area contributed by atoms with Gasteiger partial charge in [-0.05, 0) is 48.7 Å². The lowest BCUT2D eigenvalue weighted by molar-refractivity contribution is -0.126. The van der Waals surface area contributed by atoms with E-state index in [1.807, 2.05) is 49.4 Å². The fourth-order valence-electron chi connectivity index (χ4n) is 2.27. The highest BCUT2D eigenvalue weighted by molar-refractivity contribution is 9.10. The summed E-state index contributed by atoms with van der Waals surface area (Å²) < 4.78 is 6.25. The lowest BCUT2D eigenvalue weighted by Gasteiger charge is -2.24. The van der Waals surface area contributed by atoms with Gasteiger partial charge >= 0.3 is 0 Å². The summed E-state index contributed by atoms with van der Waals surface area (Å²) in [6, 6.07) is 13.3. The van der Waals surface area contributed by atoms with E-state index in [-0.39, 0.29) is 18.3 Å². The molecule has 0 aliphatic heterocycles. The van der Waals surface area contributed by atoms with Crippen molar-refractivity contribution < 1.29 is 9.53 Å². The summed E-state index contributed by atoms with van der Waals surface area (Å²) in [6.45, 7) is 4.09. The predicted octanol–water partition coefficient (Wildman–Crippen LogP) is 3.68. The van der Waals surface area contributed by atoms with E-state index in [0.717, 1.165) is 26.9 Å². The van der Waals surface area contributed by atoms with Crippen molar-refractivity contribution in [2.75, 3.05) is 7.11 Å². The van der Waals surface area contributed by atoms with Gasteiger partial charge in [-0.25, -0.2) is 0 Å². The summed E-state index contributed by atoms with van der Waals surface area (Å²) in [5.74, 6) is 0.583. The van der Waals surface area contributed by atoms with Crippen molar-refractivity contribution in [1.29, 1.82) is 0 Å². The molecular formula is C18H22BrClN2O2. The smallest absolute Gasteiger partial charge is 0.244 e. The highest BCUT2D eigenvalue weighted by atomic mass is 79.9. The Balaban J connectivity index is 0.00000288. The van der Waals surface area contributed by atoms with E-state index in [2.05, 4.69) is 21.2 Å². The van der Waals surface area contributed by atoms with Crippen molar-refractivity contribution in [3.8, 4) is 5.75 Å². The highest BCUT2D eigenvalue weighted by Gasteiger charge is 2.30. The van der Waals surface area contributed by atoms with Crippen molar-refractivity contribution in [2.45, 2.75) is 25.9 Å². The third kappa shape index (κ3) is 4.72. The second kappa shape index (κ2) is 8.51. The Kier molecular flexibility index (Phi) is 7.27. The summed E-state index contributed by atoms with van der Waals surface area (Å²) in [6.07, 6.45) is 0. The molecule has 0 fully saturated rings. The van der Waals surface area contributed by atoms with E-state index in [1.54, 1.807) is 14.0 Å². The van der Waals surface area contributed by atoms with Gasteiger partial charge in [0, 0.05) is 11.0 Å². The Morgan fingerprint density at radius 3 is 2.46 bits per heavy atom. The second-order valence-corrected chi connectivity index (χ2v) is 6.61. The average molecular weight is 414 g/mol. The first-order chi connectivity index (χ1) is 10.8. The van der Waals surface area contributed by atoms with Gasteiger partial charge in [-0.2, -0.15) is 0 Å². The van der Waals surface area contributed by atoms with Crippen LogP contribution >= 0.6 is 28.3 Å². The van der Waals surface area contributed by atoms with Crippen molar-refractivity contribution in [3.05, 3.63) is 63.6 Å². The summed E-state index contributed by atoms with van der Waals surface area (Å²) in [4.78, 5) is 12.5. The zero-order valence-electron chi connectivity index (χ0n) is 13.9. The van der Waals surface area contributed by atoms with Crippen LogP contribution in [0.25, 0.3) is 0 Å². The fourth-order valence-corrected chi connectivity index (χ4v) is 2.53. The van der Waals surface area contributed by atoms with Gasteiger partial charge in [-0.3, -0.25) is 4.79 Å². The quantitative estimate of drug-likeness (QED) is 0.786. The molecule has 2 aromatic rings. The second-order valence-electron chi connectivity index (χ2n) is 5.70. The first-order valence-electron chi connectivity index (χ1n) is 7.31. The molecular weight excluding hydrogens is 392 g/mol. The number of carbonyl (C=O) groups is 1. The first-order valence-corrected chi connectivity index (χ1v) is 8.10. The molecule has 0 heterocycles. The number of ether oxygens (including phenoxy) is 1. The van der Waals surface area contributed by atoms with Gasteiger partial charge < -0.3 is 15.8 Å². The third-order valence-electron chi connectivity index (χ3n) is 3.84. The van der Waals surface area contributed by atoms with E-state index >= 15 is 0 Å². The van der Waals surface area contributed by atoms with Crippen LogP contribution in [0.5, 0.6) is 5.75 Å². The standard InChI is InChI=1S/C18H21BrN2O2.ClH/c1-12-4-5-13(10-16(12)23-3)11-21-17(22)18(2,20)14-6-8-15(19)9-7-14;/h4-10H,11,20H2,1-3H3,(H,21,22);1H. The predicted molar refractivity (Wildman–Crippen MR) is 103 cm³/mol. The highest BCUT2D eigenvalue weighted by Crippen LogP contribution is 2.22. The van der Waals surface area contributed by atoms with E-state index in [0.29, 0.717) is 6.54 Å². The maximum Gasteiger partial charge on any atom is 0.244 e. The van der Waals surface area contributed by atoms with E-state index < -0.39 is 5.54 Å². The zero-order valence-corrected chi connectivity index (χ0v) is 16.3. The van der Waals surface area contributed by atoms with Gasteiger partial charge in [0.25, 0.3) is 0 Å². The molecule has 0 bridgehead atoms. The molecule has 130 valence electrons. The molecule has 1 amide bonds. The minimum absolute atomic E-state index is 0. The molecule has 0 radical (unpaired) electrons. The molecule has 1 atom stereocenters. The van der Waals surface area contributed by atoms with Crippen LogP contribution in [0, 0.1) is 6.92 Å². The van der Waals surface area contributed by atoms with Crippen LogP contribution in [0.15, 0.2) is 46.9 Å². The molecule has 0 aliphatic carbocycles. The van der Waals surface area contributed by atoms with Crippen LogP contribution in [0.4, 0.5) is 0 Å². The largest absolute Gasteiger partial charge is 0.496 e. The Morgan fingerprint density at radius 1 is 1.25 bits per heavy atom. The average Bonchev–Trinajstić information content (AvgIpc) is 2.54. The molecule has 2 rings (SSSR count). The van der Waals surface area contributed by atoms with Crippen LogP contribution in [-0.2, 0) is 16.9 Å². The van der Waals surface area contributed by atoms with Gasteiger partial charge in [0.2, 0.25) is 5.91 Å². The van der Waals surface area contributed by atoms with E-state index in [9.17, 15) is 4.79 Å². The van der Waals surface area contributed by atoms with Crippen molar-refractivity contribution in [3.63, 3.8) is 0 Å². The van der Waals surface area contributed by atoms with Crippen LogP contribution in [0.2, 0.25) is 0 Å². The molecule has 24 heavy (non-hydrogen) atoms. The Bertz CT molecular complexity index is 703. The molecule has 0 saturated carbocycles. The molecule has 6 heteroatoms. The number of methoxy groups -OCH3 is 1. The topological polar surface area (TPSA) is 64.3 Å². The molecule has 0 saturated heterocycles. The Labute approximate surface area is 157 Å². The van der Waals surface area contributed by atoms with Gasteiger partial charge in [-0.15, -0.1) is 12.4 Å². The summed E-state index contributed by atoms with van der Waals surface area (Å²) in [5, 5.41) is 2.89. The molecule has 2 aromatic carbocycles. The van der Waals surface area contributed by atoms with Crippen molar-refractivity contribution in [1.82, 2.24) is 5.32 Å². The van der Waals surface area contributed by atoms with E-state index in [4.69, 9.17) is 10.5 Å². The summed E-state index contributed by atoms with van der Waals surface area (Å²) in [5.41, 5.74) is 7.92. The number of hydrogen-bond donors (Lipinski definition) is 2. The fraction of sp³-hybridized carbons (Fsp3) is 0.278. The van der Waals surface area contributed by atoms with E-state index in [1.165, 1.54) is 0 Å². The summed E-state index contributed by atoms with van der Waals surface area (Å²) >= 11 is 3.38. The van der Waals surface area contributed by atoms with Crippen molar-refractivity contribution >= 4 is 34.2 Å². The number of nitrogens with two attached hydrogens (primary N) is 1. The molecule has 4 nitrogen and oxygen atoms in total. The van der Waals surface area contributed by atoms with Crippen LogP contribution < -0.4 is 15.8 Å². The maximum atomic E-state index is 12.5. The van der Waals surface area contributed by atoms with Crippen LogP contribution in [0.3, 0.4) is 0 Å². The number of halogens is 2. The number of aryl methyl sites for hydroxylation is 1. The molecule has 0 aromatic heterocycles. The minimum atomic E-state index is -1.09. The molecule has 1 unspecified atom stereocenters. The van der Waals surface area contributed by atoms with Gasteiger partial charge in [0.1, 0.15) is 11.3 Å². The van der Waals surface area contributed by atoms with Gasteiger partial charge in [0.05, 0.1) is 7.11 Å². The summed E-state index contributed by atoms with van der Waals surface area (Å²) in [7, 11) is 1.63. The lowest BCUT2D eigenvalue weighted by Crippen LogP contribution is -2.48. The third-order valence-corrected chi connectivity index (χ3v) is 4.37. The minimum Gasteiger partial charge on any atom is -0.496 e. The van der Waals surface area contributed by atoms with Crippen LogP contribution in [0.1, 0.15) is 23.6 Å². The number of benzene rings is 2. The zero-order chi connectivity index (χ0) is 17.0. The molecule has 0 spiro atoms. The monoisotopic (exact) mass is 412 g/mol. The maximum absolute atomic E-state index is 12.5. The van der Waals surface area contributed by atoms with Gasteiger partial charge in [0.15, 0.2) is 0 Å². The molecule has 0 aliphatic rings. The number of nitrogens with one attached hydrogen (secondary N) is 1. The number of amides is 1. The lowest BCUT2D eigenvalue weighted by atomic mass is 9.92. The first kappa shape index (κ1) is 20.5. The number of hydrogen-bond acceptors (Lipinski definition) is 3. The van der Waals surface area contributed by atoms with Crippen LogP contribution in [-0.4, -0.2) is 13.0 Å². The number of rotatable bonds is 5. The van der Waals surface area contributed by atoms with Gasteiger partial charge in [-0.1, -0.05) is 40.2 Å². The molecule has 3 N–H and O–H groups in total. The Hall–Kier alpha value is -1.56. The normalized spacial score (nSPS) is 12.7. The Morgan fingerprint density at radius 2 is 1.88 bits per heavy atom.